The Morgan fingerprint density at radius 2 is 2.22 bits per heavy atom. The van der Waals surface area contributed by atoms with Crippen molar-refractivity contribution in [1.29, 1.82) is 0 Å². The Morgan fingerprint density at radius 1 is 1.44 bits per heavy atom. The van der Waals surface area contributed by atoms with E-state index in [1.54, 1.807) is 12.1 Å². The van der Waals surface area contributed by atoms with Gasteiger partial charge in [0.25, 0.3) is 5.56 Å². The molecule has 2 aromatic heterocycles. The number of aromatic carboxylic acids is 1. The molecule has 90 valence electrons. The minimum Gasteiger partial charge on any atom is -0.476 e. The molecule has 0 saturated heterocycles. The molecule has 0 fully saturated rings. The summed E-state index contributed by atoms with van der Waals surface area (Å²) in [6.45, 7) is 1.86. The highest BCUT2D eigenvalue weighted by Gasteiger charge is 2.16. The number of rotatable bonds is 1. The molecule has 2 heterocycles. The molecule has 1 aromatic carbocycles. The van der Waals surface area contributed by atoms with Crippen molar-refractivity contribution in [2.45, 2.75) is 6.92 Å². The van der Waals surface area contributed by atoms with Crippen molar-refractivity contribution in [1.82, 2.24) is 19.8 Å². The van der Waals surface area contributed by atoms with Crippen LogP contribution in [0.25, 0.3) is 16.6 Å². The molecule has 0 aliphatic rings. The van der Waals surface area contributed by atoms with Gasteiger partial charge >= 0.3 is 5.97 Å². The van der Waals surface area contributed by atoms with Gasteiger partial charge in [-0.2, -0.15) is 4.98 Å². The summed E-state index contributed by atoms with van der Waals surface area (Å²) in [6, 6.07) is 5.26. The molecule has 0 aliphatic carbocycles. The predicted molar refractivity (Wildman–Crippen MR) is 62.8 cm³/mol. The summed E-state index contributed by atoms with van der Waals surface area (Å²) in [5.41, 5.74) is 0.769. The van der Waals surface area contributed by atoms with E-state index in [4.69, 9.17) is 5.11 Å². The van der Waals surface area contributed by atoms with Crippen LogP contribution in [0.15, 0.2) is 23.0 Å². The standard InChI is InChI=1S/C11H8N4O3/c1-5-2-3-7-6(4-5)10(16)12-9-8(11(17)18)13-14-15(7)9/h2-4,14H,1H3,(H,17,18). The fourth-order valence-electron chi connectivity index (χ4n) is 1.89. The van der Waals surface area contributed by atoms with Crippen LogP contribution in [0.4, 0.5) is 0 Å². The Bertz CT molecular complexity index is 846. The van der Waals surface area contributed by atoms with E-state index in [-0.39, 0.29) is 11.3 Å². The van der Waals surface area contributed by atoms with Crippen LogP contribution in [0.2, 0.25) is 0 Å². The van der Waals surface area contributed by atoms with Crippen LogP contribution in [0.5, 0.6) is 0 Å². The lowest BCUT2D eigenvalue weighted by Gasteiger charge is -2.00. The molecule has 18 heavy (non-hydrogen) atoms. The van der Waals surface area contributed by atoms with Gasteiger partial charge in [-0.25, -0.2) is 14.5 Å². The van der Waals surface area contributed by atoms with Crippen LogP contribution < -0.4 is 5.56 Å². The average Bonchev–Trinajstić information content (AvgIpc) is 2.73. The Labute approximate surface area is 99.7 Å². The number of carbonyl (C=O) groups is 1. The molecule has 0 unspecified atom stereocenters. The first-order chi connectivity index (χ1) is 8.58. The topological polar surface area (TPSA) is 100 Å². The Hall–Kier alpha value is -2.70. The Morgan fingerprint density at radius 3 is 2.94 bits per heavy atom. The summed E-state index contributed by atoms with van der Waals surface area (Å²) in [7, 11) is 0. The summed E-state index contributed by atoms with van der Waals surface area (Å²) in [6.07, 6.45) is 0. The van der Waals surface area contributed by atoms with Gasteiger partial charge in [0, 0.05) is 0 Å². The van der Waals surface area contributed by atoms with E-state index in [2.05, 4.69) is 15.3 Å². The zero-order chi connectivity index (χ0) is 12.9. The molecular weight excluding hydrogens is 236 g/mol. The van der Waals surface area contributed by atoms with Crippen molar-refractivity contribution in [2.75, 3.05) is 0 Å². The Balaban J connectivity index is 2.56. The zero-order valence-electron chi connectivity index (χ0n) is 9.34. The number of hydrogen-bond acceptors (Lipinski definition) is 4. The third-order valence-electron chi connectivity index (χ3n) is 2.72. The van der Waals surface area contributed by atoms with Gasteiger partial charge in [0.2, 0.25) is 5.69 Å². The Kier molecular flexibility index (Phi) is 1.97. The first-order valence-corrected chi connectivity index (χ1v) is 5.19. The number of carboxylic acids is 1. The summed E-state index contributed by atoms with van der Waals surface area (Å²) < 4.78 is 1.39. The zero-order valence-corrected chi connectivity index (χ0v) is 9.34. The number of nitrogens with zero attached hydrogens (tertiary/aromatic N) is 3. The van der Waals surface area contributed by atoms with E-state index in [1.807, 2.05) is 13.0 Å². The van der Waals surface area contributed by atoms with Crippen molar-refractivity contribution >= 4 is 22.5 Å². The smallest absolute Gasteiger partial charge is 0.360 e. The molecule has 0 aliphatic heterocycles. The van der Waals surface area contributed by atoms with E-state index in [9.17, 15) is 9.59 Å². The molecule has 0 bridgehead atoms. The van der Waals surface area contributed by atoms with Crippen molar-refractivity contribution in [3.63, 3.8) is 0 Å². The van der Waals surface area contributed by atoms with Crippen LogP contribution >= 0.6 is 0 Å². The number of aryl methyl sites for hydroxylation is 1. The molecule has 0 radical (unpaired) electrons. The van der Waals surface area contributed by atoms with Gasteiger partial charge < -0.3 is 5.11 Å². The van der Waals surface area contributed by atoms with Gasteiger partial charge in [0.15, 0.2) is 5.65 Å². The number of benzene rings is 1. The van der Waals surface area contributed by atoms with Crippen LogP contribution in [-0.4, -0.2) is 30.9 Å². The lowest BCUT2D eigenvalue weighted by molar-refractivity contribution is 0.0692. The van der Waals surface area contributed by atoms with Gasteiger partial charge in [0.05, 0.1) is 10.9 Å². The largest absolute Gasteiger partial charge is 0.476 e. The fourth-order valence-corrected chi connectivity index (χ4v) is 1.89. The fraction of sp³-hybridized carbons (Fsp3) is 0.0909. The summed E-state index contributed by atoms with van der Waals surface area (Å²) in [4.78, 5) is 26.6. The highest BCUT2D eigenvalue weighted by atomic mass is 16.4. The van der Waals surface area contributed by atoms with E-state index >= 15 is 0 Å². The van der Waals surface area contributed by atoms with Gasteiger partial charge in [-0.1, -0.05) is 11.6 Å². The number of carboxylic acid groups (broad SMARTS) is 1. The first kappa shape index (κ1) is 10.5. The molecule has 0 saturated carbocycles. The second-order valence-corrected chi connectivity index (χ2v) is 3.96. The quantitative estimate of drug-likeness (QED) is 0.652. The summed E-state index contributed by atoms with van der Waals surface area (Å²) >= 11 is 0. The average molecular weight is 244 g/mol. The molecule has 2 N–H and O–H groups in total. The van der Waals surface area contributed by atoms with E-state index < -0.39 is 11.5 Å². The van der Waals surface area contributed by atoms with Gasteiger partial charge in [-0.3, -0.25) is 4.79 Å². The normalized spacial score (nSPS) is 11.2. The molecule has 3 rings (SSSR count). The molecule has 7 heteroatoms. The van der Waals surface area contributed by atoms with Gasteiger partial charge in [-0.15, -0.1) is 5.10 Å². The monoisotopic (exact) mass is 244 g/mol. The minimum atomic E-state index is -1.23. The van der Waals surface area contributed by atoms with Crippen molar-refractivity contribution in [3.05, 3.63) is 39.8 Å². The third-order valence-corrected chi connectivity index (χ3v) is 2.72. The van der Waals surface area contributed by atoms with Gasteiger partial charge in [0.1, 0.15) is 0 Å². The maximum atomic E-state index is 11.9. The number of hydrogen-bond donors (Lipinski definition) is 2. The molecule has 7 nitrogen and oxygen atoms in total. The predicted octanol–water partition coefficient (Wildman–Crippen LogP) is 0.577. The maximum absolute atomic E-state index is 11.9. The maximum Gasteiger partial charge on any atom is 0.360 e. The SMILES string of the molecule is Cc1ccc2c(c1)c(=O)nc1c(C(=O)O)n[nH]n12. The molecule has 0 spiro atoms. The summed E-state index contributed by atoms with van der Waals surface area (Å²) in [5, 5.41) is 15.6. The van der Waals surface area contributed by atoms with Crippen LogP contribution in [-0.2, 0) is 0 Å². The molecular formula is C11H8N4O3. The number of nitrogens with one attached hydrogen (secondary N) is 1. The third kappa shape index (κ3) is 1.30. The molecule has 0 atom stereocenters. The molecule has 3 aromatic rings. The second kappa shape index (κ2) is 3.39. The molecule has 0 amide bonds. The van der Waals surface area contributed by atoms with E-state index in [1.165, 1.54) is 4.52 Å². The minimum absolute atomic E-state index is 0.0175. The second-order valence-electron chi connectivity index (χ2n) is 3.96. The van der Waals surface area contributed by atoms with Crippen molar-refractivity contribution in [3.8, 4) is 0 Å². The number of aromatic amines is 1. The van der Waals surface area contributed by atoms with Crippen LogP contribution in [0.3, 0.4) is 0 Å². The summed E-state index contributed by atoms with van der Waals surface area (Å²) in [5.74, 6) is -1.23. The number of aromatic nitrogens is 4. The van der Waals surface area contributed by atoms with Gasteiger partial charge in [-0.05, 0) is 19.1 Å². The van der Waals surface area contributed by atoms with Crippen LogP contribution in [0, 0.1) is 6.92 Å². The van der Waals surface area contributed by atoms with Crippen LogP contribution in [0.1, 0.15) is 16.1 Å². The van der Waals surface area contributed by atoms with Crippen molar-refractivity contribution < 1.29 is 9.90 Å². The lowest BCUT2D eigenvalue weighted by Crippen LogP contribution is -2.11. The highest BCUT2D eigenvalue weighted by Crippen LogP contribution is 2.14. The number of fused-ring (bicyclic) bond motifs is 3. The number of H-pyrrole nitrogens is 1. The highest BCUT2D eigenvalue weighted by molar-refractivity contribution is 5.93. The van der Waals surface area contributed by atoms with E-state index in [0.29, 0.717) is 10.9 Å². The lowest BCUT2D eigenvalue weighted by atomic mass is 10.2. The first-order valence-electron chi connectivity index (χ1n) is 5.19. The van der Waals surface area contributed by atoms with E-state index in [0.717, 1.165) is 5.56 Å². The van der Waals surface area contributed by atoms with Crippen molar-refractivity contribution in [2.24, 2.45) is 0 Å².